The summed E-state index contributed by atoms with van der Waals surface area (Å²) in [6, 6.07) is 5.90. The van der Waals surface area contributed by atoms with Gasteiger partial charge in [-0.15, -0.1) is 0 Å². The highest BCUT2D eigenvalue weighted by Gasteiger charge is 2.35. The molecule has 4 heterocycles. The van der Waals surface area contributed by atoms with Gasteiger partial charge in [-0.1, -0.05) is 0 Å². The van der Waals surface area contributed by atoms with Crippen LogP contribution in [0.2, 0.25) is 0 Å². The molecule has 0 spiro atoms. The molecule has 7 heteroatoms. The lowest BCUT2D eigenvalue weighted by atomic mass is 9.76. The third-order valence-corrected chi connectivity index (χ3v) is 6.07. The van der Waals surface area contributed by atoms with E-state index < -0.39 is 0 Å². The summed E-state index contributed by atoms with van der Waals surface area (Å²) in [5.41, 5.74) is 0.657. The zero-order valence-corrected chi connectivity index (χ0v) is 15.7. The molecule has 1 aromatic heterocycles. The molecule has 1 atom stereocenters. The molecule has 0 saturated carbocycles. The second-order valence-electron chi connectivity index (χ2n) is 6.75. The van der Waals surface area contributed by atoms with Crippen molar-refractivity contribution >= 4 is 33.9 Å². The van der Waals surface area contributed by atoms with Crippen molar-refractivity contribution in [1.82, 2.24) is 9.27 Å². The summed E-state index contributed by atoms with van der Waals surface area (Å²) in [5.74, 6) is 2.31. The number of rotatable bonds is 5. The van der Waals surface area contributed by atoms with Crippen LogP contribution in [0, 0.1) is 11.8 Å². The largest absolute Gasteiger partial charge is 0.494 e. The van der Waals surface area contributed by atoms with Crippen molar-refractivity contribution in [3.05, 3.63) is 23.9 Å². The lowest BCUT2D eigenvalue weighted by Gasteiger charge is -2.44. The second kappa shape index (κ2) is 8.60. The summed E-state index contributed by atoms with van der Waals surface area (Å²) >= 11 is 1.40. The first kappa shape index (κ1) is 18.8. The van der Waals surface area contributed by atoms with E-state index in [0.717, 1.165) is 28.3 Å². The predicted molar refractivity (Wildman–Crippen MR) is 101 cm³/mol. The Kier molecular flexibility index (Phi) is 6.21. The van der Waals surface area contributed by atoms with Gasteiger partial charge < -0.3 is 14.7 Å². The van der Waals surface area contributed by atoms with Crippen molar-refractivity contribution in [1.29, 1.82) is 0 Å². The minimum atomic E-state index is -0.250. The van der Waals surface area contributed by atoms with E-state index >= 15 is 0 Å². The number of carboxylic acid groups (broad SMARTS) is 1. The molecule has 3 fully saturated rings. The number of nitrogens with zero attached hydrogens (tertiary/aromatic N) is 2. The molecule has 0 unspecified atom stereocenters. The van der Waals surface area contributed by atoms with Gasteiger partial charge in [0.1, 0.15) is 11.4 Å². The fourth-order valence-corrected chi connectivity index (χ4v) is 4.85. The van der Waals surface area contributed by atoms with Crippen molar-refractivity contribution in [2.45, 2.75) is 26.2 Å². The van der Waals surface area contributed by atoms with Crippen LogP contribution < -0.4 is 4.74 Å². The molecule has 1 N–H and O–H groups in total. The van der Waals surface area contributed by atoms with E-state index in [0.29, 0.717) is 24.6 Å². The number of benzene rings is 1. The minimum Gasteiger partial charge on any atom is -0.494 e. The predicted octanol–water partition coefficient (Wildman–Crippen LogP) is 3.31. The lowest BCUT2D eigenvalue weighted by molar-refractivity contribution is -0.122. The van der Waals surface area contributed by atoms with Crippen molar-refractivity contribution in [3.63, 3.8) is 0 Å². The number of Topliss-reactive ketones (excluding diaryl/α,β-unsaturated/α-hetero) is 1. The van der Waals surface area contributed by atoms with Gasteiger partial charge in [-0.05, 0) is 74.4 Å². The number of carbonyl (C=O) groups excluding carboxylic acids is 1. The summed E-state index contributed by atoms with van der Waals surface area (Å²) < 4.78 is 11.0. The molecule has 3 aliphatic heterocycles. The molecule has 2 bridgehead atoms. The van der Waals surface area contributed by atoms with E-state index in [9.17, 15) is 4.79 Å². The van der Waals surface area contributed by atoms with Crippen molar-refractivity contribution < 1.29 is 19.4 Å². The van der Waals surface area contributed by atoms with Gasteiger partial charge in [-0.2, -0.15) is 4.37 Å². The highest BCUT2D eigenvalue weighted by Crippen LogP contribution is 2.36. The molecule has 5 rings (SSSR count). The zero-order valence-electron chi connectivity index (χ0n) is 14.9. The topological polar surface area (TPSA) is 79.7 Å². The molecular weight excluding hydrogens is 352 g/mol. The van der Waals surface area contributed by atoms with Crippen LogP contribution in [0.1, 0.15) is 36.7 Å². The first-order chi connectivity index (χ1) is 12.7. The maximum atomic E-state index is 12.8. The monoisotopic (exact) mass is 376 g/mol. The Morgan fingerprint density at radius 1 is 1.42 bits per heavy atom. The molecule has 0 radical (unpaired) electrons. The van der Waals surface area contributed by atoms with E-state index in [1.807, 2.05) is 25.1 Å². The van der Waals surface area contributed by atoms with Crippen LogP contribution in [0.15, 0.2) is 18.2 Å². The molecule has 6 nitrogen and oxygen atoms in total. The standard InChI is InChI=1S/C18H22N2O2S.CH2O2/c1-2-22-14-3-4-15-17(10-14)23-19-18(15)16(21)9-13-11-20-7-5-12(13)6-8-20;2-1-3/h3-4,10,12-13H,2,5-9,11H2,1H3;1H,(H,2,3)/t13-;/m1./s1. The van der Waals surface area contributed by atoms with Gasteiger partial charge in [0.05, 0.1) is 11.3 Å². The average Bonchev–Trinajstić information content (AvgIpc) is 3.07. The smallest absolute Gasteiger partial charge is 0.290 e. The van der Waals surface area contributed by atoms with Gasteiger partial charge in [-0.25, -0.2) is 0 Å². The highest BCUT2D eigenvalue weighted by atomic mass is 32.1. The molecular formula is C19H24N2O4S. The molecule has 140 valence electrons. The number of aromatic nitrogens is 1. The van der Waals surface area contributed by atoms with Crippen LogP contribution in [0.4, 0.5) is 0 Å². The first-order valence-electron chi connectivity index (χ1n) is 9.01. The molecule has 3 saturated heterocycles. The van der Waals surface area contributed by atoms with Gasteiger partial charge in [0.25, 0.3) is 6.47 Å². The van der Waals surface area contributed by atoms with Crippen LogP contribution >= 0.6 is 11.5 Å². The minimum absolute atomic E-state index is 0.208. The summed E-state index contributed by atoms with van der Waals surface area (Å²) in [7, 11) is 0. The Morgan fingerprint density at radius 2 is 2.15 bits per heavy atom. The number of hydrogen-bond donors (Lipinski definition) is 1. The van der Waals surface area contributed by atoms with E-state index in [-0.39, 0.29) is 12.3 Å². The quantitative estimate of drug-likeness (QED) is 0.637. The Hall–Kier alpha value is -1.99. The molecule has 2 aromatic rings. The van der Waals surface area contributed by atoms with Crippen molar-refractivity contribution in [2.75, 3.05) is 26.2 Å². The summed E-state index contributed by atoms with van der Waals surface area (Å²) in [4.78, 5) is 23.6. The van der Waals surface area contributed by atoms with Gasteiger partial charge >= 0.3 is 0 Å². The zero-order chi connectivity index (χ0) is 18.5. The van der Waals surface area contributed by atoms with E-state index in [1.165, 1.54) is 37.5 Å². The fourth-order valence-electron chi connectivity index (χ4n) is 4.03. The third kappa shape index (κ3) is 4.04. The van der Waals surface area contributed by atoms with Gasteiger partial charge in [0, 0.05) is 18.4 Å². The molecule has 0 amide bonds. The Morgan fingerprint density at radius 3 is 2.77 bits per heavy atom. The van der Waals surface area contributed by atoms with E-state index in [2.05, 4.69) is 9.27 Å². The summed E-state index contributed by atoms with van der Waals surface area (Å²) in [5, 5.41) is 7.87. The third-order valence-electron chi connectivity index (χ3n) is 5.26. The number of ether oxygens (including phenoxy) is 1. The molecule has 1 aromatic carbocycles. The molecule has 3 aliphatic rings. The van der Waals surface area contributed by atoms with Crippen LogP contribution in [0.3, 0.4) is 0 Å². The lowest BCUT2D eigenvalue weighted by Crippen LogP contribution is -2.47. The Bertz CT molecular complexity index is 768. The van der Waals surface area contributed by atoms with Crippen molar-refractivity contribution in [3.8, 4) is 5.75 Å². The first-order valence-corrected chi connectivity index (χ1v) is 9.79. The normalized spacial score (nSPS) is 24.0. The van der Waals surface area contributed by atoms with Crippen LogP contribution in [0.25, 0.3) is 10.1 Å². The SMILES string of the molecule is CCOc1ccc2c(C(=O)C[C@@H]3CN4CCC3CC4)nsc2c1.O=CO. The molecule has 26 heavy (non-hydrogen) atoms. The molecule has 0 aliphatic carbocycles. The highest BCUT2D eigenvalue weighted by molar-refractivity contribution is 7.13. The summed E-state index contributed by atoms with van der Waals surface area (Å²) in [6.07, 6.45) is 3.16. The Balaban J connectivity index is 0.000000613. The van der Waals surface area contributed by atoms with Gasteiger partial charge in [-0.3, -0.25) is 9.59 Å². The maximum Gasteiger partial charge on any atom is 0.290 e. The number of carbonyl (C=O) groups is 2. The second-order valence-corrected chi connectivity index (χ2v) is 7.56. The summed E-state index contributed by atoms with van der Waals surface area (Å²) in [6.45, 7) is 5.90. The van der Waals surface area contributed by atoms with Crippen LogP contribution in [-0.2, 0) is 4.79 Å². The number of hydrogen-bond acceptors (Lipinski definition) is 6. The number of ketones is 1. The van der Waals surface area contributed by atoms with Gasteiger partial charge in [0.2, 0.25) is 0 Å². The maximum absolute atomic E-state index is 12.8. The Labute approximate surface area is 156 Å². The van der Waals surface area contributed by atoms with Gasteiger partial charge in [0.15, 0.2) is 5.78 Å². The number of piperidine rings is 3. The van der Waals surface area contributed by atoms with Crippen molar-refractivity contribution in [2.24, 2.45) is 11.8 Å². The fraction of sp³-hybridized carbons (Fsp3) is 0.526. The number of fused-ring (bicyclic) bond motifs is 4. The van der Waals surface area contributed by atoms with Crippen LogP contribution in [0.5, 0.6) is 5.75 Å². The average molecular weight is 376 g/mol. The van der Waals surface area contributed by atoms with Crippen LogP contribution in [-0.4, -0.2) is 52.9 Å². The van der Waals surface area contributed by atoms with E-state index in [4.69, 9.17) is 14.6 Å². The van der Waals surface area contributed by atoms with E-state index in [1.54, 1.807) is 0 Å².